The first kappa shape index (κ1) is 10.4. The minimum Gasteiger partial charge on any atom is -0.481 e. The largest absolute Gasteiger partial charge is 0.481 e. The number of carboxylic acid groups (broad SMARTS) is 1. The SMILES string of the molecule is CNC(=O)CN1CCC2CC2(C(=O)O)C1. The highest BCUT2D eigenvalue weighted by molar-refractivity contribution is 5.80. The van der Waals surface area contributed by atoms with E-state index in [0.29, 0.717) is 19.0 Å². The lowest BCUT2D eigenvalue weighted by Crippen LogP contribution is -2.44. The molecule has 15 heavy (non-hydrogen) atoms. The molecule has 1 heterocycles. The highest BCUT2D eigenvalue weighted by Gasteiger charge is 2.62. The molecular formula is C10H16N2O3. The molecule has 0 radical (unpaired) electrons. The van der Waals surface area contributed by atoms with Crippen LogP contribution in [-0.4, -0.2) is 48.6 Å². The van der Waals surface area contributed by atoms with Crippen molar-refractivity contribution in [3.05, 3.63) is 0 Å². The summed E-state index contributed by atoms with van der Waals surface area (Å²) < 4.78 is 0. The van der Waals surface area contributed by atoms with Gasteiger partial charge < -0.3 is 10.4 Å². The Morgan fingerprint density at radius 3 is 2.93 bits per heavy atom. The van der Waals surface area contributed by atoms with E-state index >= 15 is 0 Å². The quantitative estimate of drug-likeness (QED) is 0.663. The average molecular weight is 212 g/mol. The molecule has 2 atom stereocenters. The van der Waals surface area contributed by atoms with E-state index in [2.05, 4.69) is 5.32 Å². The first-order chi connectivity index (χ1) is 7.08. The normalized spacial score (nSPS) is 34.3. The number of rotatable bonds is 3. The second-order valence-corrected chi connectivity index (χ2v) is 4.53. The van der Waals surface area contributed by atoms with Crippen molar-refractivity contribution in [2.45, 2.75) is 12.8 Å². The van der Waals surface area contributed by atoms with Crippen molar-refractivity contribution in [1.29, 1.82) is 0 Å². The third-order valence-electron chi connectivity index (χ3n) is 3.60. The summed E-state index contributed by atoms with van der Waals surface area (Å²) in [6.45, 7) is 1.69. The summed E-state index contributed by atoms with van der Waals surface area (Å²) in [5.41, 5.74) is -0.535. The van der Waals surface area contributed by atoms with E-state index in [0.717, 1.165) is 19.4 Å². The van der Waals surface area contributed by atoms with Crippen LogP contribution in [0.25, 0.3) is 0 Å². The topological polar surface area (TPSA) is 69.6 Å². The number of hydrogen-bond acceptors (Lipinski definition) is 3. The van der Waals surface area contributed by atoms with Crippen molar-refractivity contribution in [2.24, 2.45) is 11.3 Å². The lowest BCUT2D eigenvalue weighted by atomic mass is 9.97. The minimum atomic E-state index is -0.700. The lowest BCUT2D eigenvalue weighted by Gasteiger charge is -2.29. The molecule has 1 saturated carbocycles. The zero-order chi connectivity index (χ0) is 11.1. The number of nitrogens with zero attached hydrogens (tertiary/aromatic N) is 1. The van der Waals surface area contributed by atoms with Gasteiger partial charge in [-0.2, -0.15) is 0 Å². The van der Waals surface area contributed by atoms with Gasteiger partial charge in [-0.1, -0.05) is 0 Å². The standard InChI is InChI=1S/C10H16N2O3/c1-11-8(13)5-12-3-2-7-4-10(7,6-12)9(14)15/h7H,2-6H2,1H3,(H,11,13)(H,14,15). The second kappa shape index (κ2) is 3.48. The van der Waals surface area contributed by atoms with Gasteiger partial charge in [-0.15, -0.1) is 0 Å². The fraction of sp³-hybridized carbons (Fsp3) is 0.800. The number of likely N-dealkylation sites (tertiary alicyclic amines) is 1. The van der Waals surface area contributed by atoms with Crippen molar-refractivity contribution < 1.29 is 14.7 Å². The number of likely N-dealkylation sites (N-methyl/N-ethyl adjacent to an activating group) is 1. The van der Waals surface area contributed by atoms with Gasteiger partial charge in [-0.25, -0.2) is 0 Å². The van der Waals surface area contributed by atoms with Gasteiger partial charge in [0.2, 0.25) is 5.91 Å². The summed E-state index contributed by atoms with van der Waals surface area (Å²) in [4.78, 5) is 24.2. The summed E-state index contributed by atoms with van der Waals surface area (Å²) in [6.07, 6.45) is 1.69. The van der Waals surface area contributed by atoms with Crippen LogP contribution < -0.4 is 5.32 Å². The summed E-state index contributed by atoms with van der Waals surface area (Å²) >= 11 is 0. The van der Waals surface area contributed by atoms with E-state index in [1.54, 1.807) is 7.05 Å². The summed E-state index contributed by atoms with van der Waals surface area (Å²) in [5.74, 6) is -0.403. The van der Waals surface area contributed by atoms with E-state index in [1.165, 1.54) is 0 Å². The molecule has 0 aromatic heterocycles. The summed E-state index contributed by atoms with van der Waals surface area (Å²) in [6, 6.07) is 0. The number of piperidine rings is 1. The van der Waals surface area contributed by atoms with Gasteiger partial charge in [-0.3, -0.25) is 14.5 Å². The van der Waals surface area contributed by atoms with Crippen molar-refractivity contribution in [1.82, 2.24) is 10.2 Å². The van der Waals surface area contributed by atoms with Crippen molar-refractivity contribution >= 4 is 11.9 Å². The van der Waals surface area contributed by atoms with E-state index in [4.69, 9.17) is 5.11 Å². The number of nitrogens with one attached hydrogen (secondary N) is 1. The fourth-order valence-corrected chi connectivity index (χ4v) is 2.52. The Morgan fingerprint density at radius 1 is 1.60 bits per heavy atom. The number of fused-ring (bicyclic) bond motifs is 1. The smallest absolute Gasteiger partial charge is 0.311 e. The number of hydrogen-bond donors (Lipinski definition) is 2. The van der Waals surface area contributed by atoms with Gasteiger partial charge in [0, 0.05) is 13.6 Å². The number of carboxylic acids is 1. The number of carbonyl (C=O) groups excluding carboxylic acids is 1. The number of aliphatic carboxylic acids is 1. The van der Waals surface area contributed by atoms with Crippen LogP contribution in [-0.2, 0) is 9.59 Å². The van der Waals surface area contributed by atoms with Crippen LogP contribution in [0, 0.1) is 11.3 Å². The zero-order valence-corrected chi connectivity index (χ0v) is 8.82. The maximum absolute atomic E-state index is 11.2. The Hall–Kier alpha value is -1.10. The molecule has 2 unspecified atom stereocenters. The van der Waals surface area contributed by atoms with E-state index in [9.17, 15) is 9.59 Å². The zero-order valence-electron chi connectivity index (χ0n) is 8.82. The Labute approximate surface area is 88.4 Å². The maximum Gasteiger partial charge on any atom is 0.311 e. The van der Waals surface area contributed by atoms with Crippen LogP contribution in [0.3, 0.4) is 0 Å². The predicted molar refractivity (Wildman–Crippen MR) is 53.3 cm³/mol. The lowest BCUT2D eigenvalue weighted by molar-refractivity contribution is -0.146. The molecular weight excluding hydrogens is 196 g/mol. The van der Waals surface area contributed by atoms with Crippen LogP contribution in [0.5, 0.6) is 0 Å². The van der Waals surface area contributed by atoms with Gasteiger partial charge >= 0.3 is 5.97 Å². The number of carbonyl (C=O) groups is 2. The maximum atomic E-state index is 11.2. The molecule has 0 aromatic carbocycles. The molecule has 5 nitrogen and oxygen atoms in total. The molecule has 84 valence electrons. The van der Waals surface area contributed by atoms with Crippen LogP contribution in [0.2, 0.25) is 0 Å². The van der Waals surface area contributed by atoms with Gasteiger partial charge in [-0.05, 0) is 25.3 Å². The van der Waals surface area contributed by atoms with E-state index in [-0.39, 0.29) is 5.91 Å². The molecule has 2 rings (SSSR count). The Kier molecular flexibility index (Phi) is 2.42. The highest BCUT2D eigenvalue weighted by Crippen LogP contribution is 2.57. The van der Waals surface area contributed by atoms with Crippen molar-refractivity contribution in [2.75, 3.05) is 26.7 Å². The van der Waals surface area contributed by atoms with Crippen LogP contribution in [0.1, 0.15) is 12.8 Å². The van der Waals surface area contributed by atoms with Gasteiger partial charge in [0.1, 0.15) is 0 Å². The van der Waals surface area contributed by atoms with E-state index < -0.39 is 11.4 Å². The molecule has 0 bridgehead atoms. The minimum absolute atomic E-state index is 0.0466. The molecule has 2 N–H and O–H groups in total. The summed E-state index contributed by atoms with van der Waals surface area (Å²) in [7, 11) is 1.60. The third-order valence-corrected chi connectivity index (χ3v) is 3.60. The van der Waals surface area contributed by atoms with Crippen LogP contribution in [0.4, 0.5) is 0 Å². The molecule has 1 aliphatic heterocycles. The average Bonchev–Trinajstić information content (AvgIpc) is 2.92. The van der Waals surface area contributed by atoms with Crippen molar-refractivity contribution in [3.8, 4) is 0 Å². The van der Waals surface area contributed by atoms with Crippen molar-refractivity contribution in [3.63, 3.8) is 0 Å². The van der Waals surface area contributed by atoms with Crippen LogP contribution >= 0.6 is 0 Å². The predicted octanol–water partition coefficient (Wildman–Crippen LogP) is -0.471. The molecule has 0 spiro atoms. The fourth-order valence-electron chi connectivity index (χ4n) is 2.52. The molecule has 2 aliphatic rings. The molecule has 5 heteroatoms. The van der Waals surface area contributed by atoms with Crippen LogP contribution in [0.15, 0.2) is 0 Å². The van der Waals surface area contributed by atoms with E-state index in [1.807, 2.05) is 4.90 Å². The van der Waals surface area contributed by atoms with Gasteiger partial charge in [0.05, 0.1) is 12.0 Å². The third kappa shape index (κ3) is 1.71. The molecule has 1 aliphatic carbocycles. The molecule has 2 fully saturated rings. The highest BCUT2D eigenvalue weighted by atomic mass is 16.4. The molecule has 1 amide bonds. The summed E-state index contributed by atoms with van der Waals surface area (Å²) in [5, 5.41) is 11.7. The Morgan fingerprint density at radius 2 is 2.33 bits per heavy atom. The molecule has 1 saturated heterocycles. The first-order valence-corrected chi connectivity index (χ1v) is 5.25. The second-order valence-electron chi connectivity index (χ2n) is 4.53. The Bertz CT molecular complexity index is 305. The van der Waals surface area contributed by atoms with Gasteiger partial charge in [0.25, 0.3) is 0 Å². The molecule has 0 aromatic rings. The first-order valence-electron chi connectivity index (χ1n) is 5.25. The Balaban J connectivity index is 1.95. The number of amides is 1. The van der Waals surface area contributed by atoms with Gasteiger partial charge in [0.15, 0.2) is 0 Å². The monoisotopic (exact) mass is 212 g/mol.